The van der Waals surface area contributed by atoms with Gasteiger partial charge in [0.1, 0.15) is 0 Å². The number of benzene rings is 1. The summed E-state index contributed by atoms with van der Waals surface area (Å²) >= 11 is 0. The molecule has 2 rings (SSSR count). The van der Waals surface area contributed by atoms with Gasteiger partial charge in [0.2, 0.25) is 0 Å². The van der Waals surface area contributed by atoms with Crippen LogP contribution in [0, 0.1) is 0 Å². The van der Waals surface area contributed by atoms with Crippen molar-refractivity contribution in [1.29, 1.82) is 0 Å². The number of nitrogens with zero attached hydrogens (tertiary/aromatic N) is 4. The molecule has 6 heteroatoms. The maximum atomic E-state index is 4.71. The lowest BCUT2D eigenvalue weighted by Crippen LogP contribution is -2.38. The lowest BCUT2D eigenvalue weighted by atomic mass is 10.2. The molecule has 0 aliphatic rings. The van der Waals surface area contributed by atoms with Crippen molar-refractivity contribution >= 4 is 29.9 Å². The highest BCUT2D eigenvalue weighted by Crippen LogP contribution is 2.03. The smallest absolute Gasteiger partial charge is 0.193 e. The number of rotatable bonds is 6. The molecule has 0 amide bonds. The summed E-state index contributed by atoms with van der Waals surface area (Å²) in [4.78, 5) is 6.86. The van der Waals surface area contributed by atoms with Crippen LogP contribution in [0.1, 0.15) is 18.1 Å². The first-order valence-corrected chi connectivity index (χ1v) is 7.70. The summed E-state index contributed by atoms with van der Waals surface area (Å²) in [5, 5.41) is 7.53. The molecule has 1 heterocycles. The average molecular weight is 427 g/mol. The zero-order valence-corrected chi connectivity index (χ0v) is 16.4. The van der Waals surface area contributed by atoms with Crippen molar-refractivity contribution in [2.75, 3.05) is 20.1 Å². The molecule has 0 saturated carbocycles. The maximum absolute atomic E-state index is 4.71. The molecule has 0 unspecified atom stereocenters. The highest BCUT2D eigenvalue weighted by molar-refractivity contribution is 14.0. The molecule has 0 radical (unpaired) electrons. The van der Waals surface area contributed by atoms with E-state index >= 15 is 0 Å². The van der Waals surface area contributed by atoms with Crippen molar-refractivity contribution in [2.45, 2.75) is 19.9 Å². The van der Waals surface area contributed by atoms with Crippen LogP contribution in [-0.4, -0.2) is 40.8 Å². The lowest BCUT2D eigenvalue weighted by Gasteiger charge is -2.22. The fourth-order valence-corrected chi connectivity index (χ4v) is 2.29. The van der Waals surface area contributed by atoms with Gasteiger partial charge < -0.3 is 10.2 Å². The maximum Gasteiger partial charge on any atom is 0.193 e. The predicted molar refractivity (Wildman–Crippen MR) is 106 cm³/mol. The van der Waals surface area contributed by atoms with Gasteiger partial charge in [0, 0.05) is 39.9 Å². The molecule has 1 aromatic heterocycles. The van der Waals surface area contributed by atoms with Crippen LogP contribution in [0.3, 0.4) is 0 Å². The molecule has 2 aromatic rings. The lowest BCUT2D eigenvalue weighted by molar-refractivity contribution is 0.477. The minimum atomic E-state index is 0. The molecule has 23 heavy (non-hydrogen) atoms. The first-order valence-electron chi connectivity index (χ1n) is 7.70. The highest BCUT2D eigenvalue weighted by atomic mass is 127. The number of halogens is 1. The summed E-state index contributed by atoms with van der Waals surface area (Å²) in [5.41, 5.74) is 2.50. The van der Waals surface area contributed by atoms with Crippen LogP contribution in [-0.2, 0) is 20.0 Å². The van der Waals surface area contributed by atoms with E-state index in [2.05, 4.69) is 53.6 Å². The normalized spacial score (nSPS) is 11.0. The molecular formula is C17H26IN5. The molecule has 0 fully saturated rings. The Morgan fingerprint density at radius 1 is 1.26 bits per heavy atom. The van der Waals surface area contributed by atoms with E-state index in [0.717, 1.165) is 32.0 Å². The Bertz CT molecular complexity index is 594. The molecule has 0 atom stereocenters. The number of aromatic nitrogens is 2. The molecule has 0 aliphatic heterocycles. The average Bonchev–Trinajstić information content (AvgIpc) is 2.93. The number of hydrogen-bond acceptors (Lipinski definition) is 2. The van der Waals surface area contributed by atoms with Gasteiger partial charge in [-0.1, -0.05) is 30.3 Å². The Morgan fingerprint density at radius 2 is 2.00 bits per heavy atom. The van der Waals surface area contributed by atoms with E-state index in [4.69, 9.17) is 4.99 Å². The summed E-state index contributed by atoms with van der Waals surface area (Å²) in [6, 6.07) is 10.4. The van der Waals surface area contributed by atoms with Gasteiger partial charge >= 0.3 is 0 Å². The molecule has 0 spiro atoms. The highest BCUT2D eigenvalue weighted by Gasteiger charge is 2.06. The Labute approximate surface area is 155 Å². The SMILES string of the molecule is CCNC(=NCCc1cnn(C)c1)N(C)Cc1ccccc1.I. The van der Waals surface area contributed by atoms with Gasteiger partial charge in [0.25, 0.3) is 0 Å². The first kappa shape index (κ1) is 19.5. The number of guanidine groups is 1. The Hall–Kier alpha value is -1.57. The van der Waals surface area contributed by atoms with Crippen molar-refractivity contribution in [3.63, 3.8) is 0 Å². The molecule has 1 aromatic carbocycles. The number of aryl methyl sites for hydroxylation is 1. The molecule has 0 bridgehead atoms. The van der Waals surface area contributed by atoms with E-state index in [1.807, 2.05) is 30.2 Å². The largest absolute Gasteiger partial charge is 0.357 e. The second kappa shape index (κ2) is 10.3. The van der Waals surface area contributed by atoms with E-state index in [-0.39, 0.29) is 24.0 Å². The van der Waals surface area contributed by atoms with Crippen LogP contribution in [0.25, 0.3) is 0 Å². The van der Waals surface area contributed by atoms with Crippen LogP contribution in [0.5, 0.6) is 0 Å². The van der Waals surface area contributed by atoms with Crippen LogP contribution < -0.4 is 5.32 Å². The minimum absolute atomic E-state index is 0. The van der Waals surface area contributed by atoms with Crippen molar-refractivity contribution in [2.24, 2.45) is 12.0 Å². The summed E-state index contributed by atoms with van der Waals surface area (Å²) in [6.07, 6.45) is 4.84. The third-order valence-corrected chi connectivity index (χ3v) is 3.38. The summed E-state index contributed by atoms with van der Waals surface area (Å²) in [5.74, 6) is 0.940. The fraction of sp³-hybridized carbons (Fsp3) is 0.412. The van der Waals surface area contributed by atoms with Gasteiger partial charge in [-0.25, -0.2) is 0 Å². The van der Waals surface area contributed by atoms with E-state index in [0.29, 0.717) is 0 Å². The van der Waals surface area contributed by atoms with Gasteiger partial charge in [-0.05, 0) is 24.5 Å². The molecule has 1 N–H and O–H groups in total. The van der Waals surface area contributed by atoms with Gasteiger partial charge in [-0.2, -0.15) is 5.10 Å². The topological polar surface area (TPSA) is 45.5 Å². The number of aliphatic imine (C=N–C) groups is 1. The molecular weight excluding hydrogens is 401 g/mol. The third kappa shape index (κ3) is 6.60. The molecule has 5 nitrogen and oxygen atoms in total. The van der Waals surface area contributed by atoms with E-state index < -0.39 is 0 Å². The van der Waals surface area contributed by atoms with Crippen LogP contribution in [0.4, 0.5) is 0 Å². The summed E-state index contributed by atoms with van der Waals surface area (Å²) < 4.78 is 1.83. The molecule has 126 valence electrons. The minimum Gasteiger partial charge on any atom is -0.357 e. The van der Waals surface area contributed by atoms with E-state index in [1.54, 1.807) is 0 Å². The Kier molecular flexibility index (Phi) is 8.68. The Morgan fingerprint density at radius 3 is 2.61 bits per heavy atom. The molecule has 0 aliphatic carbocycles. The standard InChI is InChI=1S/C17H25N5.HI/c1-4-18-17(19-11-10-16-12-20-22(3)14-16)21(2)13-15-8-6-5-7-9-15;/h5-9,12,14H,4,10-11,13H2,1-3H3,(H,18,19);1H. The monoisotopic (exact) mass is 427 g/mol. The van der Waals surface area contributed by atoms with Crippen molar-refractivity contribution in [1.82, 2.24) is 20.0 Å². The summed E-state index contributed by atoms with van der Waals surface area (Å²) in [6.45, 7) is 4.56. The van der Waals surface area contributed by atoms with Gasteiger partial charge in [0.15, 0.2) is 5.96 Å². The first-order chi connectivity index (χ1) is 10.7. The second-order valence-electron chi connectivity index (χ2n) is 5.35. The Balaban J connectivity index is 0.00000264. The van der Waals surface area contributed by atoms with Crippen molar-refractivity contribution < 1.29 is 0 Å². The van der Waals surface area contributed by atoms with Crippen LogP contribution >= 0.6 is 24.0 Å². The van der Waals surface area contributed by atoms with Crippen LogP contribution in [0.15, 0.2) is 47.7 Å². The fourth-order valence-electron chi connectivity index (χ4n) is 2.29. The number of nitrogens with one attached hydrogen (secondary N) is 1. The van der Waals surface area contributed by atoms with Crippen molar-refractivity contribution in [3.8, 4) is 0 Å². The van der Waals surface area contributed by atoms with Gasteiger partial charge in [-0.3, -0.25) is 9.67 Å². The quantitative estimate of drug-likeness (QED) is 0.438. The van der Waals surface area contributed by atoms with Gasteiger partial charge in [0.05, 0.1) is 6.20 Å². The third-order valence-electron chi connectivity index (χ3n) is 3.38. The number of hydrogen-bond donors (Lipinski definition) is 1. The summed E-state index contributed by atoms with van der Waals surface area (Å²) in [7, 11) is 4.00. The zero-order valence-electron chi connectivity index (χ0n) is 14.1. The molecule has 0 saturated heterocycles. The second-order valence-corrected chi connectivity index (χ2v) is 5.35. The predicted octanol–water partition coefficient (Wildman–Crippen LogP) is 2.68. The van der Waals surface area contributed by atoms with E-state index in [1.165, 1.54) is 11.1 Å². The van der Waals surface area contributed by atoms with Crippen LogP contribution in [0.2, 0.25) is 0 Å². The van der Waals surface area contributed by atoms with Gasteiger partial charge in [-0.15, -0.1) is 24.0 Å². The van der Waals surface area contributed by atoms with E-state index in [9.17, 15) is 0 Å². The zero-order chi connectivity index (χ0) is 15.8. The van der Waals surface area contributed by atoms with Crippen molar-refractivity contribution in [3.05, 3.63) is 53.9 Å².